The number of fused-ring (bicyclic) bond motifs is 2. The van der Waals surface area contributed by atoms with Crippen molar-refractivity contribution >= 4 is 34.3 Å². The number of ether oxygens (including phenoxy) is 3. The number of ketones is 1. The first-order chi connectivity index (χ1) is 24.3. The van der Waals surface area contributed by atoms with Crippen molar-refractivity contribution in [3.05, 3.63) is 99.7 Å². The van der Waals surface area contributed by atoms with Crippen molar-refractivity contribution in [2.75, 3.05) is 44.9 Å². The lowest BCUT2D eigenvalue weighted by atomic mass is 10.1. The standard InChI is InChI=1S/C38H40FN4O7/c1-23-21-41(17-15-40-23)33-29(39)20-27-32(36(33)48-2)43(25-10-11-25)22-28(35(27)45)38(47)50-19-7-6-18-49-37(46)26-14-16-42-30(26)12-13-31(42)34(44)24-8-4-3-5-9-24/h3-5,7-9,12-13,20,22-23,25-26,40H,6,10-11,14-19,21H2,1-2H3. The molecule has 2 aliphatic heterocycles. The molecule has 0 spiro atoms. The van der Waals surface area contributed by atoms with Gasteiger partial charge in [-0.05, 0) is 50.8 Å². The summed E-state index contributed by atoms with van der Waals surface area (Å²) in [5.74, 6) is -2.04. The molecule has 4 aromatic rings. The molecule has 261 valence electrons. The minimum atomic E-state index is -0.813. The predicted molar refractivity (Wildman–Crippen MR) is 184 cm³/mol. The van der Waals surface area contributed by atoms with Crippen LogP contribution >= 0.6 is 0 Å². The van der Waals surface area contributed by atoms with Crippen LogP contribution < -0.4 is 20.4 Å². The van der Waals surface area contributed by atoms with Gasteiger partial charge in [0, 0.05) is 62.1 Å². The van der Waals surface area contributed by atoms with Crippen molar-refractivity contribution in [2.24, 2.45) is 0 Å². The Labute approximate surface area is 288 Å². The van der Waals surface area contributed by atoms with Gasteiger partial charge in [-0.3, -0.25) is 14.4 Å². The molecular formula is C38H40FN4O7. The van der Waals surface area contributed by atoms with Crippen LogP contribution in [0.4, 0.5) is 10.1 Å². The maximum Gasteiger partial charge on any atom is 0.343 e. The van der Waals surface area contributed by atoms with E-state index >= 15 is 4.39 Å². The number of carbonyl (C=O) groups excluding carboxylic acids is 3. The van der Waals surface area contributed by atoms with E-state index in [4.69, 9.17) is 14.2 Å². The van der Waals surface area contributed by atoms with Gasteiger partial charge in [-0.25, -0.2) is 9.18 Å². The highest BCUT2D eigenvalue weighted by molar-refractivity contribution is 6.08. The van der Waals surface area contributed by atoms with Gasteiger partial charge in [-0.2, -0.15) is 0 Å². The summed E-state index contributed by atoms with van der Waals surface area (Å²) < 4.78 is 36.2. The summed E-state index contributed by atoms with van der Waals surface area (Å²) in [6, 6.07) is 14.0. The molecule has 1 aliphatic carbocycles. The number of aromatic nitrogens is 2. The smallest absolute Gasteiger partial charge is 0.343 e. The van der Waals surface area contributed by atoms with Crippen LogP contribution in [0.5, 0.6) is 5.75 Å². The number of rotatable bonds is 12. The molecule has 3 aliphatic rings. The Hall–Kier alpha value is -4.97. The lowest BCUT2D eigenvalue weighted by Crippen LogP contribution is -2.49. The zero-order valence-corrected chi connectivity index (χ0v) is 28.2. The Balaban J connectivity index is 0.967. The molecule has 11 nitrogen and oxygen atoms in total. The average molecular weight is 684 g/mol. The molecule has 12 heteroatoms. The Morgan fingerprint density at radius 1 is 1.04 bits per heavy atom. The van der Waals surface area contributed by atoms with Crippen molar-refractivity contribution < 1.29 is 33.0 Å². The molecule has 2 aromatic carbocycles. The molecular weight excluding hydrogens is 643 g/mol. The number of benzene rings is 2. The highest BCUT2D eigenvalue weighted by Crippen LogP contribution is 2.44. The fraction of sp³-hybridized carbons (Fsp3) is 0.395. The van der Waals surface area contributed by atoms with Gasteiger partial charge in [0.1, 0.15) is 11.3 Å². The van der Waals surface area contributed by atoms with E-state index in [9.17, 15) is 19.2 Å². The summed E-state index contributed by atoms with van der Waals surface area (Å²) in [6.07, 6.45) is 5.75. The van der Waals surface area contributed by atoms with Gasteiger partial charge in [-0.1, -0.05) is 30.3 Å². The van der Waals surface area contributed by atoms with Crippen LogP contribution in [0.1, 0.15) is 76.7 Å². The normalized spacial score (nSPS) is 18.6. The molecule has 4 heterocycles. The molecule has 2 atom stereocenters. The number of carbonyl (C=O) groups is 3. The van der Waals surface area contributed by atoms with Crippen LogP contribution in [0, 0.1) is 12.2 Å². The Morgan fingerprint density at radius 3 is 2.58 bits per heavy atom. The van der Waals surface area contributed by atoms with Gasteiger partial charge in [-0.15, -0.1) is 0 Å². The van der Waals surface area contributed by atoms with E-state index in [1.165, 1.54) is 19.4 Å². The third-order valence-corrected chi connectivity index (χ3v) is 9.71. The molecule has 0 bridgehead atoms. The fourth-order valence-corrected chi connectivity index (χ4v) is 7.11. The number of nitrogens with zero attached hydrogens (tertiary/aromatic N) is 3. The van der Waals surface area contributed by atoms with Gasteiger partial charge in [0.15, 0.2) is 11.6 Å². The van der Waals surface area contributed by atoms with Gasteiger partial charge >= 0.3 is 11.9 Å². The molecule has 1 saturated heterocycles. The summed E-state index contributed by atoms with van der Waals surface area (Å²) in [7, 11) is 1.47. The second kappa shape index (κ2) is 14.1. The van der Waals surface area contributed by atoms with Crippen molar-refractivity contribution in [3.63, 3.8) is 0 Å². The minimum absolute atomic E-state index is 0.0544. The lowest BCUT2D eigenvalue weighted by molar-refractivity contribution is -0.145. The van der Waals surface area contributed by atoms with Gasteiger partial charge < -0.3 is 33.6 Å². The highest BCUT2D eigenvalue weighted by Gasteiger charge is 2.34. The van der Waals surface area contributed by atoms with Crippen LogP contribution in [-0.4, -0.2) is 72.9 Å². The molecule has 2 aromatic heterocycles. The first-order valence-electron chi connectivity index (χ1n) is 17.1. The molecule has 1 saturated carbocycles. The second-order valence-corrected chi connectivity index (χ2v) is 13.1. The highest BCUT2D eigenvalue weighted by atomic mass is 19.1. The van der Waals surface area contributed by atoms with Gasteiger partial charge in [0.2, 0.25) is 11.2 Å². The second-order valence-electron chi connectivity index (χ2n) is 13.1. The number of methoxy groups -OCH3 is 1. The summed E-state index contributed by atoms with van der Waals surface area (Å²) in [5, 5.41) is 3.42. The number of halogens is 1. The monoisotopic (exact) mass is 683 g/mol. The predicted octanol–water partition coefficient (Wildman–Crippen LogP) is 4.80. The minimum Gasteiger partial charge on any atom is -0.492 e. The summed E-state index contributed by atoms with van der Waals surface area (Å²) in [5.41, 5.74) is 1.89. The van der Waals surface area contributed by atoms with Crippen molar-refractivity contribution in [1.82, 2.24) is 14.5 Å². The molecule has 2 fully saturated rings. The maximum atomic E-state index is 15.7. The Bertz CT molecular complexity index is 2000. The van der Waals surface area contributed by atoms with Crippen LogP contribution in [0.3, 0.4) is 0 Å². The van der Waals surface area contributed by atoms with Crippen LogP contribution in [-0.2, 0) is 20.8 Å². The zero-order chi connectivity index (χ0) is 34.9. The van der Waals surface area contributed by atoms with E-state index in [0.717, 1.165) is 18.5 Å². The SMILES string of the molecule is COc1c(N2CCNC(C)C2)c(F)cc2c(=O)c(C(=O)OC[CH]CCOC(=O)C3CCn4c(C(=O)c5ccccc5)ccc43)cn(C3CC3)c12. The topological polar surface area (TPSA) is 121 Å². The fourth-order valence-electron chi connectivity index (χ4n) is 7.11. The largest absolute Gasteiger partial charge is 0.492 e. The zero-order valence-electron chi connectivity index (χ0n) is 28.2. The third kappa shape index (κ3) is 6.39. The van der Waals surface area contributed by atoms with Gasteiger partial charge in [0.05, 0.1) is 42.8 Å². The average Bonchev–Trinajstić information content (AvgIpc) is 3.75. The molecule has 0 amide bonds. The number of hydrogen-bond donors (Lipinski definition) is 1. The summed E-state index contributed by atoms with van der Waals surface area (Å²) in [6.45, 7) is 4.42. The van der Waals surface area contributed by atoms with E-state index in [1.54, 1.807) is 30.7 Å². The van der Waals surface area contributed by atoms with Gasteiger partial charge in [0.25, 0.3) is 0 Å². The quantitative estimate of drug-likeness (QED) is 0.128. The third-order valence-electron chi connectivity index (χ3n) is 9.71. The Morgan fingerprint density at radius 2 is 1.84 bits per heavy atom. The molecule has 1 N–H and O–H groups in total. The van der Waals surface area contributed by atoms with E-state index in [1.807, 2.05) is 39.2 Å². The van der Waals surface area contributed by atoms with E-state index in [-0.39, 0.29) is 53.7 Å². The molecule has 7 rings (SSSR count). The number of hydrogen-bond acceptors (Lipinski definition) is 9. The summed E-state index contributed by atoms with van der Waals surface area (Å²) >= 11 is 0. The maximum absolute atomic E-state index is 15.7. The van der Waals surface area contributed by atoms with E-state index < -0.39 is 23.1 Å². The van der Waals surface area contributed by atoms with E-state index in [2.05, 4.69) is 5.32 Å². The Kier molecular flexibility index (Phi) is 9.46. The van der Waals surface area contributed by atoms with E-state index in [0.29, 0.717) is 61.5 Å². The van der Waals surface area contributed by atoms with Crippen LogP contribution in [0.2, 0.25) is 0 Å². The van der Waals surface area contributed by atoms with Crippen LogP contribution in [0.15, 0.2) is 59.5 Å². The molecule has 1 radical (unpaired) electrons. The van der Waals surface area contributed by atoms with Crippen molar-refractivity contribution in [2.45, 2.75) is 57.2 Å². The number of unbranched alkanes of at least 4 members (excludes halogenated alkanes) is 1. The van der Waals surface area contributed by atoms with Crippen molar-refractivity contribution in [3.8, 4) is 5.75 Å². The number of pyridine rings is 1. The first kappa shape index (κ1) is 33.5. The van der Waals surface area contributed by atoms with Crippen molar-refractivity contribution in [1.29, 1.82) is 0 Å². The number of piperazine rings is 1. The first-order valence-corrected chi connectivity index (χ1v) is 17.1. The molecule has 50 heavy (non-hydrogen) atoms. The number of esters is 2. The summed E-state index contributed by atoms with van der Waals surface area (Å²) in [4.78, 5) is 54.6. The lowest BCUT2D eigenvalue weighted by Gasteiger charge is -2.35. The number of anilines is 1. The molecule has 2 unspecified atom stereocenters. The van der Waals surface area contributed by atoms with Crippen LogP contribution in [0.25, 0.3) is 10.9 Å². The number of nitrogens with one attached hydrogen (secondary N) is 1.